The first-order chi connectivity index (χ1) is 9.26. The van der Waals surface area contributed by atoms with Crippen molar-refractivity contribution in [2.45, 2.75) is 46.0 Å². The van der Waals surface area contributed by atoms with Gasteiger partial charge in [-0.3, -0.25) is 0 Å². The molecular weight excluding hydrogens is 242 g/mol. The van der Waals surface area contributed by atoms with Gasteiger partial charge in [0.25, 0.3) is 0 Å². The molecule has 0 fully saturated rings. The zero-order valence-corrected chi connectivity index (χ0v) is 12.0. The van der Waals surface area contributed by atoms with Crippen LogP contribution < -0.4 is 10.1 Å². The van der Waals surface area contributed by atoms with Crippen LogP contribution in [0.2, 0.25) is 0 Å². The average Bonchev–Trinajstić information content (AvgIpc) is 2.40. The van der Waals surface area contributed by atoms with E-state index in [2.05, 4.69) is 22.2 Å². The molecule has 1 aromatic rings. The predicted octanol–water partition coefficient (Wildman–Crippen LogP) is 2.54. The highest BCUT2D eigenvalue weighted by molar-refractivity contribution is 5.30. The van der Waals surface area contributed by atoms with E-state index in [9.17, 15) is 0 Å². The van der Waals surface area contributed by atoms with Crippen LogP contribution in [-0.4, -0.2) is 34.8 Å². The summed E-state index contributed by atoms with van der Waals surface area (Å²) in [4.78, 5) is 8.65. The number of aliphatic hydroxyl groups is 1. The lowest BCUT2D eigenvalue weighted by molar-refractivity contribution is 0.283. The van der Waals surface area contributed by atoms with Crippen molar-refractivity contribution in [1.82, 2.24) is 9.97 Å². The van der Waals surface area contributed by atoms with Gasteiger partial charge in [-0.25, -0.2) is 4.98 Å². The molecule has 5 nitrogen and oxygen atoms in total. The standard InChI is InChI=1S/C14H25N3O2/c1-3-10-19-13-11-12(2)16-14(17-13)15-8-6-4-5-7-9-18/h11,18H,3-10H2,1-2H3,(H,15,16,17). The number of rotatable bonds is 10. The molecule has 1 rings (SSSR count). The number of aliphatic hydroxyl groups excluding tert-OH is 1. The molecule has 0 atom stereocenters. The maximum Gasteiger partial charge on any atom is 0.226 e. The highest BCUT2D eigenvalue weighted by Crippen LogP contribution is 2.12. The molecule has 0 amide bonds. The second-order valence-corrected chi connectivity index (χ2v) is 4.58. The van der Waals surface area contributed by atoms with Crippen molar-refractivity contribution >= 4 is 5.95 Å². The third-order valence-electron chi connectivity index (χ3n) is 2.65. The Labute approximate surface area is 115 Å². The fourth-order valence-electron chi connectivity index (χ4n) is 1.69. The number of nitrogens with zero attached hydrogens (tertiary/aromatic N) is 2. The van der Waals surface area contributed by atoms with Gasteiger partial charge in [-0.05, 0) is 26.2 Å². The summed E-state index contributed by atoms with van der Waals surface area (Å²) in [6.45, 7) is 5.82. The summed E-state index contributed by atoms with van der Waals surface area (Å²) < 4.78 is 5.52. The second kappa shape index (κ2) is 9.55. The summed E-state index contributed by atoms with van der Waals surface area (Å²) in [5, 5.41) is 11.9. The molecule has 0 aliphatic rings. The van der Waals surface area contributed by atoms with Crippen molar-refractivity contribution in [3.63, 3.8) is 0 Å². The summed E-state index contributed by atoms with van der Waals surface area (Å²) >= 11 is 0. The Kier molecular flexibility index (Phi) is 7.89. The Bertz CT molecular complexity index is 359. The van der Waals surface area contributed by atoms with Crippen LogP contribution in [0.4, 0.5) is 5.95 Å². The molecule has 0 bridgehead atoms. The van der Waals surface area contributed by atoms with Crippen molar-refractivity contribution in [2.24, 2.45) is 0 Å². The Morgan fingerprint density at radius 1 is 1.21 bits per heavy atom. The van der Waals surface area contributed by atoms with Gasteiger partial charge in [-0.15, -0.1) is 0 Å². The Morgan fingerprint density at radius 3 is 2.74 bits per heavy atom. The quantitative estimate of drug-likeness (QED) is 0.638. The van der Waals surface area contributed by atoms with Crippen molar-refractivity contribution in [3.05, 3.63) is 11.8 Å². The fraction of sp³-hybridized carbons (Fsp3) is 0.714. The van der Waals surface area contributed by atoms with Gasteiger partial charge in [0.1, 0.15) is 0 Å². The number of aryl methyl sites for hydroxylation is 1. The van der Waals surface area contributed by atoms with Crippen LogP contribution in [0.1, 0.15) is 44.7 Å². The topological polar surface area (TPSA) is 67.3 Å². The molecule has 0 aromatic carbocycles. The number of ether oxygens (including phenoxy) is 1. The first-order valence-corrected chi connectivity index (χ1v) is 7.09. The van der Waals surface area contributed by atoms with Gasteiger partial charge in [0, 0.05) is 24.9 Å². The number of anilines is 1. The van der Waals surface area contributed by atoms with E-state index in [-0.39, 0.29) is 6.61 Å². The van der Waals surface area contributed by atoms with Crippen LogP contribution in [0.3, 0.4) is 0 Å². The normalized spacial score (nSPS) is 10.5. The summed E-state index contributed by atoms with van der Waals surface area (Å²) in [5.41, 5.74) is 0.906. The molecular formula is C14H25N3O2. The third-order valence-corrected chi connectivity index (χ3v) is 2.65. The van der Waals surface area contributed by atoms with E-state index in [1.807, 2.05) is 13.0 Å². The SMILES string of the molecule is CCCOc1cc(C)nc(NCCCCCCO)n1. The maximum atomic E-state index is 8.68. The van der Waals surface area contributed by atoms with E-state index in [4.69, 9.17) is 9.84 Å². The number of aromatic nitrogens is 2. The van der Waals surface area contributed by atoms with Crippen molar-refractivity contribution < 1.29 is 9.84 Å². The predicted molar refractivity (Wildman–Crippen MR) is 76.6 cm³/mol. The van der Waals surface area contributed by atoms with Crippen LogP contribution in [0.25, 0.3) is 0 Å². The molecule has 0 aliphatic carbocycles. The van der Waals surface area contributed by atoms with Gasteiger partial charge in [-0.2, -0.15) is 4.98 Å². The van der Waals surface area contributed by atoms with Crippen molar-refractivity contribution in [2.75, 3.05) is 25.1 Å². The molecule has 0 radical (unpaired) electrons. The largest absolute Gasteiger partial charge is 0.478 e. The van der Waals surface area contributed by atoms with Gasteiger partial charge in [0.15, 0.2) is 0 Å². The highest BCUT2D eigenvalue weighted by atomic mass is 16.5. The molecule has 0 saturated carbocycles. The molecule has 1 aromatic heterocycles. The molecule has 5 heteroatoms. The first-order valence-electron chi connectivity index (χ1n) is 7.09. The molecule has 2 N–H and O–H groups in total. The minimum absolute atomic E-state index is 0.284. The average molecular weight is 267 g/mol. The van der Waals surface area contributed by atoms with E-state index in [0.29, 0.717) is 18.4 Å². The van der Waals surface area contributed by atoms with Gasteiger partial charge < -0.3 is 15.2 Å². The number of nitrogens with one attached hydrogen (secondary N) is 1. The van der Waals surface area contributed by atoms with Crippen molar-refractivity contribution in [3.8, 4) is 5.88 Å². The van der Waals surface area contributed by atoms with E-state index in [1.165, 1.54) is 0 Å². The lowest BCUT2D eigenvalue weighted by Gasteiger charge is -2.08. The Hall–Kier alpha value is -1.36. The smallest absolute Gasteiger partial charge is 0.226 e. The summed E-state index contributed by atoms with van der Waals surface area (Å²) in [7, 11) is 0. The van der Waals surface area contributed by atoms with E-state index in [1.54, 1.807) is 0 Å². The van der Waals surface area contributed by atoms with Gasteiger partial charge in [0.05, 0.1) is 6.61 Å². The number of hydrogen-bond acceptors (Lipinski definition) is 5. The monoisotopic (exact) mass is 267 g/mol. The van der Waals surface area contributed by atoms with Gasteiger partial charge >= 0.3 is 0 Å². The zero-order chi connectivity index (χ0) is 13.9. The summed E-state index contributed by atoms with van der Waals surface area (Å²) in [6, 6.07) is 1.85. The fourth-order valence-corrected chi connectivity index (χ4v) is 1.69. The minimum atomic E-state index is 0.284. The molecule has 0 saturated heterocycles. The highest BCUT2D eigenvalue weighted by Gasteiger charge is 2.02. The molecule has 0 spiro atoms. The summed E-state index contributed by atoms with van der Waals surface area (Å²) in [6.07, 6.45) is 5.09. The lowest BCUT2D eigenvalue weighted by atomic mass is 10.2. The lowest BCUT2D eigenvalue weighted by Crippen LogP contribution is -2.08. The molecule has 1 heterocycles. The van der Waals surface area contributed by atoms with Crippen LogP contribution in [-0.2, 0) is 0 Å². The van der Waals surface area contributed by atoms with Crippen LogP contribution in [0.5, 0.6) is 5.88 Å². The molecule has 108 valence electrons. The zero-order valence-electron chi connectivity index (χ0n) is 12.0. The maximum absolute atomic E-state index is 8.68. The van der Waals surface area contributed by atoms with E-state index < -0.39 is 0 Å². The Balaban J connectivity index is 2.34. The van der Waals surface area contributed by atoms with E-state index >= 15 is 0 Å². The summed E-state index contributed by atoms with van der Waals surface area (Å²) in [5.74, 6) is 1.27. The van der Waals surface area contributed by atoms with Crippen LogP contribution >= 0.6 is 0 Å². The van der Waals surface area contributed by atoms with Crippen molar-refractivity contribution in [1.29, 1.82) is 0 Å². The first kappa shape index (κ1) is 15.7. The van der Waals surface area contributed by atoms with E-state index in [0.717, 1.165) is 44.3 Å². The third kappa shape index (κ3) is 6.96. The number of unbranched alkanes of at least 4 members (excludes halogenated alkanes) is 3. The van der Waals surface area contributed by atoms with Crippen LogP contribution in [0.15, 0.2) is 6.07 Å². The van der Waals surface area contributed by atoms with Gasteiger partial charge in [-0.1, -0.05) is 19.8 Å². The molecule has 0 aliphatic heterocycles. The molecule has 19 heavy (non-hydrogen) atoms. The Morgan fingerprint density at radius 2 is 2.00 bits per heavy atom. The second-order valence-electron chi connectivity index (χ2n) is 4.58. The van der Waals surface area contributed by atoms with Gasteiger partial charge in [0.2, 0.25) is 11.8 Å². The van der Waals surface area contributed by atoms with Crippen LogP contribution in [0, 0.1) is 6.92 Å². The minimum Gasteiger partial charge on any atom is -0.478 e. The number of hydrogen-bond donors (Lipinski definition) is 2. The molecule has 0 unspecified atom stereocenters.